The van der Waals surface area contributed by atoms with E-state index >= 15 is 0 Å². The molecule has 2 aliphatic heterocycles. The van der Waals surface area contributed by atoms with Crippen LogP contribution in [0.25, 0.3) is 10.8 Å². The molecule has 0 radical (unpaired) electrons. The number of fused-ring (bicyclic) bond motifs is 1. The zero-order valence-electron chi connectivity index (χ0n) is 62.0. The molecule has 4 heterocycles. The van der Waals surface area contributed by atoms with Gasteiger partial charge in [0.1, 0.15) is 85.3 Å². The fourth-order valence-corrected chi connectivity index (χ4v) is 14.6. The Bertz CT molecular complexity index is 4030. The van der Waals surface area contributed by atoms with Crippen molar-refractivity contribution in [2.45, 2.75) is 199 Å². The van der Waals surface area contributed by atoms with Crippen molar-refractivity contribution in [1.82, 2.24) is 40.9 Å². The van der Waals surface area contributed by atoms with E-state index in [4.69, 9.17) is 56.8 Å². The number of rotatable bonds is 48. The number of aliphatic hydroxyl groups excluding tert-OH is 5. The third kappa shape index (κ3) is 28.1. The number of ether oxygens (including phenoxy) is 12. The van der Waals surface area contributed by atoms with Crippen LogP contribution in [0.3, 0.4) is 0 Å². The molecule has 2 aromatic heterocycles. The number of aliphatic hydroxyl groups is 5. The molecule has 3 amide bonds. The number of aromatic amines is 2. The number of carbonyl (C=O) groups excluding carboxylic acids is 5. The number of benzene rings is 2. The molecule has 13 N–H and O–H groups in total. The van der Waals surface area contributed by atoms with E-state index in [-0.39, 0.29) is 107 Å². The minimum Gasteiger partial charge on any atom is -0.479 e. The molecule has 40 nitrogen and oxygen atoms in total. The van der Waals surface area contributed by atoms with Crippen molar-refractivity contribution in [2.24, 2.45) is 11.8 Å². The summed E-state index contributed by atoms with van der Waals surface area (Å²) in [7, 11) is -9.53. The van der Waals surface area contributed by atoms with Crippen molar-refractivity contribution >= 4 is 66.3 Å². The number of H-pyrrole nitrogens is 2. The Balaban J connectivity index is 0.958. The number of nitrogens with zero attached hydrogens (tertiary/aromatic N) is 3. The minimum absolute atomic E-state index is 0.000837. The Hall–Kier alpha value is -7.12. The Morgan fingerprint density at radius 2 is 1.38 bits per heavy atom. The predicted octanol–water partition coefficient (Wildman–Crippen LogP) is -2.17. The summed E-state index contributed by atoms with van der Waals surface area (Å²) in [6.07, 6.45) is -15.4. The van der Waals surface area contributed by atoms with Crippen LogP contribution in [-0.2, 0) is 121 Å². The van der Waals surface area contributed by atoms with Crippen LogP contribution in [0.5, 0.6) is 0 Å². The molecular weight excluding hydrogens is 1530 g/mol. The van der Waals surface area contributed by atoms with Gasteiger partial charge in [0.05, 0.1) is 127 Å². The molecule has 4 fully saturated rings. The van der Waals surface area contributed by atoms with Crippen LogP contribution >= 0.6 is 0 Å². The van der Waals surface area contributed by atoms with Crippen molar-refractivity contribution in [3.8, 4) is 0 Å². The van der Waals surface area contributed by atoms with Gasteiger partial charge in [-0.2, -0.15) is 16.8 Å². The van der Waals surface area contributed by atoms with Gasteiger partial charge in [0.25, 0.3) is 31.7 Å². The summed E-state index contributed by atoms with van der Waals surface area (Å²) >= 11 is 0. The maximum absolute atomic E-state index is 14.7. The molecule has 8 rings (SSSR count). The maximum Gasteiger partial charge on any atom is 0.332 e. The molecular formula is C70H102N8O32S2. The molecule has 42 heteroatoms. The first-order valence-corrected chi connectivity index (χ1v) is 39.9. The molecule has 626 valence electrons. The number of hydrogen-bond donors (Lipinski definition) is 13. The number of aromatic nitrogens is 5. The van der Waals surface area contributed by atoms with E-state index in [1.54, 1.807) is 6.20 Å². The summed E-state index contributed by atoms with van der Waals surface area (Å²) in [6, 6.07) is 2.99. The highest BCUT2D eigenvalue weighted by molar-refractivity contribution is 7.86. The fraction of sp³-hybridized carbons (Fsp3) is 0.686. The lowest BCUT2D eigenvalue weighted by molar-refractivity contribution is -0.306. The van der Waals surface area contributed by atoms with Crippen molar-refractivity contribution < 1.29 is 142 Å². The van der Waals surface area contributed by atoms with E-state index in [0.29, 0.717) is 64.8 Å². The first kappa shape index (κ1) is 90.4. The van der Waals surface area contributed by atoms with Gasteiger partial charge >= 0.3 is 11.7 Å². The number of nitrogens with one attached hydrogen (secondary N) is 5. The zero-order chi connectivity index (χ0) is 81.1. The number of amides is 3. The van der Waals surface area contributed by atoms with E-state index in [0.717, 1.165) is 49.6 Å². The van der Waals surface area contributed by atoms with Gasteiger partial charge in [0.15, 0.2) is 18.2 Å². The summed E-state index contributed by atoms with van der Waals surface area (Å²) in [5.41, 5.74) is -2.09. The largest absolute Gasteiger partial charge is 0.479 e. The molecule has 2 saturated heterocycles. The second-order valence-corrected chi connectivity index (χ2v) is 30.4. The fourth-order valence-electron chi connectivity index (χ4n) is 13.5. The molecule has 4 aliphatic rings. The number of carboxylic acids is 1. The summed E-state index contributed by atoms with van der Waals surface area (Å²) in [5, 5.41) is 83.0. The molecule has 4 aromatic rings. The van der Waals surface area contributed by atoms with Crippen molar-refractivity contribution in [2.75, 3.05) is 106 Å². The standard InChI is InChI=1S/C70H102N8O32S2/c1-3-99-16-17-100-18-19-101-20-21-102-22-23-103-36-45-34-78(77-76-45)15-13-57(82)74-60-66(108-54(68(90)91)26-41-8-5-4-6-9-41)63(87)55(35-79)110-69(60)109-53-32-44(31-50(72-67(89)51-33-58(83)75-70(92)73-51)65(53)106-38-56-62(86)64(88)61(85)40(2)107-56)52(81)10-7-14-71-59(84)39-105-25-24-104-37-46(80)27-42-29-48(112(96,97)98)30-43-28-47(111(93,94)95)11-12-49(42)43/h11-12,28-30,33-34,40-41,44,50,53-56,60-66,69,79,85-88H,3-10,13-27,31-32,35-39H2,1-2H3,(H,71,84)(H,72,89)(H,74,82)(H,90,91)(H,93,94,95)(H,96,97,98)(H2,73,75,83,92)/t40?,44?,50?,53-,54+,55+,56+,60?,61-,62-,63+,64?,65-,66?,69-/m1/s1. The molecule has 2 aromatic carbocycles. The third-order valence-corrected chi connectivity index (χ3v) is 20.9. The van der Waals surface area contributed by atoms with Crippen molar-refractivity contribution in [3.63, 3.8) is 0 Å². The molecule has 15 atom stereocenters. The Morgan fingerprint density at radius 1 is 0.714 bits per heavy atom. The number of aliphatic carboxylic acids is 1. The summed E-state index contributed by atoms with van der Waals surface area (Å²) in [5.74, 6) is -6.16. The number of aryl methyl sites for hydroxylation is 1. The molecule has 6 unspecified atom stereocenters. The van der Waals surface area contributed by atoms with E-state index < -0.39 is 207 Å². The number of Topliss-reactive ketones (excluding diaryl/α,β-unsaturated/α-hetero) is 2. The van der Waals surface area contributed by atoms with Crippen LogP contribution in [0.15, 0.2) is 62.0 Å². The average Bonchev–Trinajstić information content (AvgIpc) is 0.828. The van der Waals surface area contributed by atoms with Crippen molar-refractivity contribution in [1.29, 1.82) is 0 Å². The number of ketones is 2. The van der Waals surface area contributed by atoms with Crippen molar-refractivity contribution in [3.05, 3.63) is 80.4 Å². The van der Waals surface area contributed by atoms with Gasteiger partial charge < -0.3 is 108 Å². The van der Waals surface area contributed by atoms with Crippen LogP contribution in [0.1, 0.15) is 106 Å². The Morgan fingerprint density at radius 3 is 2.04 bits per heavy atom. The van der Waals surface area contributed by atoms with Gasteiger partial charge in [-0.05, 0) is 86.1 Å². The van der Waals surface area contributed by atoms with Gasteiger partial charge in [0.2, 0.25) is 11.8 Å². The van der Waals surface area contributed by atoms with E-state index in [9.17, 15) is 94.9 Å². The first-order valence-electron chi connectivity index (χ1n) is 37.0. The SMILES string of the molecule is CCOCCOCCOCCOCCOCc1cn(CCC(=O)NC2C(O[C@@H](CC3CCCCC3)C(=O)O)[C@@H](O)[C@H](CO)O[C@H]2O[C@@H]2CC(C(=O)CCCNC(=O)COCCOCC(=O)Cc3cc(S(=O)(=O)O)cc4cc(S(=O)(=O)O)ccc34)CC(NC(=O)c3cc(=O)[nH]c(=O)[nH]3)[C@H]2OC[C@@H]2OC(C)[C@@H](O)C(O)[C@@H]2O)nn1. The van der Waals surface area contributed by atoms with Gasteiger partial charge in [-0.15, -0.1) is 5.10 Å². The lowest BCUT2D eigenvalue weighted by Crippen LogP contribution is -2.68. The van der Waals surface area contributed by atoms with Gasteiger partial charge in [-0.3, -0.25) is 47.5 Å². The Labute approximate surface area is 643 Å². The van der Waals surface area contributed by atoms with Crippen LogP contribution in [0, 0.1) is 11.8 Å². The van der Waals surface area contributed by atoms with Crippen LogP contribution in [0.2, 0.25) is 0 Å². The van der Waals surface area contributed by atoms with E-state index in [1.807, 2.05) is 11.9 Å². The minimum atomic E-state index is -4.83. The van der Waals surface area contributed by atoms with E-state index in [1.165, 1.54) is 17.7 Å². The first-order chi connectivity index (χ1) is 53.5. The third-order valence-electron chi connectivity index (χ3n) is 19.2. The smallest absolute Gasteiger partial charge is 0.332 e. The maximum atomic E-state index is 14.7. The number of hydrogen-bond acceptors (Lipinski definition) is 31. The van der Waals surface area contributed by atoms with Gasteiger partial charge in [-0.25, -0.2) is 9.59 Å². The topological polar surface area (TPSA) is 576 Å². The van der Waals surface area contributed by atoms with Crippen LogP contribution in [0.4, 0.5) is 0 Å². The summed E-state index contributed by atoms with van der Waals surface area (Å²) in [6.45, 7) is 3.63. The molecule has 2 saturated carbocycles. The second kappa shape index (κ2) is 44.7. The van der Waals surface area contributed by atoms with Gasteiger partial charge in [0, 0.05) is 44.4 Å². The van der Waals surface area contributed by atoms with E-state index in [2.05, 4.69) is 31.2 Å². The normalized spacial score (nSPS) is 24.8. The summed E-state index contributed by atoms with van der Waals surface area (Å²) in [4.78, 5) is 111. The second-order valence-electron chi connectivity index (χ2n) is 27.5. The lowest BCUT2D eigenvalue weighted by atomic mass is 9.78. The average molecular weight is 1630 g/mol. The lowest BCUT2D eigenvalue weighted by Gasteiger charge is -2.48. The van der Waals surface area contributed by atoms with Crippen LogP contribution < -0.4 is 27.2 Å². The zero-order valence-corrected chi connectivity index (χ0v) is 63.7. The Kier molecular flexibility index (Phi) is 36.1. The monoisotopic (exact) mass is 1630 g/mol. The number of carboxylic acid groups (broad SMARTS) is 1. The summed E-state index contributed by atoms with van der Waals surface area (Å²) < 4.78 is 138. The molecule has 0 spiro atoms. The molecule has 2 aliphatic carbocycles. The highest BCUT2D eigenvalue weighted by Crippen LogP contribution is 2.37. The highest BCUT2D eigenvalue weighted by Gasteiger charge is 2.53. The highest BCUT2D eigenvalue weighted by atomic mass is 32.2. The molecule has 0 bridgehead atoms. The predicted molar refractivity (Wildman–Crippen MR) is 384 cm³/mol. The number of carbonyl (C=O) groups is 6. The van der Waals surface area contributed by atoms with Crippen LogP contribution in [-0.4, -0.2) is 308 Å². The van der Waals surface area contributed by atoms with Gasteiger partial charge in [-0.1, -0.05) is 43.4 Å². The molecule has 112 heavy (non-hydrogen) atoms. The quantitative estimate of drug-likeness (QED) is 0.0165.